The Labute approximate surface area is 122 Å². The lowest BCUT2D eigenvalue weighted by atomic mass is 10.1. The Bertz CT molecular complexity index is 681. The van der Waals surface area contributed by atoms with Crippen LogP contribution in [0.2, 0.25) is 0 Å². The minimum absolute atomic E-state index is 0.359. The van der Waals surface area contributed by atoms with Gasteiger partial charge < -0.3 is 10.6 Å². The standard InChI is InChI=1S/C16H15FN2O2/c1-10-4-3-5-14(11(10)2)19-16(21)15(20)18-13-8-6-12(17)7-9-13/h3-9H,1-2H3,(H,18,20)(H,19,21). The van der Waals surface area contributed by atoms with Gasteiger partial charge in [-0.2, -0.15) is 0 Å². The third-order valence-electron chi connectivity index (χ3n) is 3.16. The van der Waals surface area contributed by atoms with Crippen molar-refractivity contribution < 1.29 is 14.0 Å². The van der Waals surface area contributed by atoms with Crippen LogP contribution in [-0.4, -0.2) is 11.8 Å². The van der Waals surface area contributed by atoms with Gasteiger partial charge in [-0.3, -0.25) is 9.59 Å². The number of carbonyl (C=O) groups excluding carboxylic acids is 2. The van der Waals surface area contributed by atoms with Crippen molar-refractivity contribution in [2.75, 3.05) is 10.6 Å². The largest absolute Gasteiger partial charge is 0.318 e. The first-order chi connectivity index (χ1) is 9.97. The van der Waals surface area contributed by atoms with Gasteiger partial charge in [0.2, 0.25) is 0 Å². The molecule has 2 rings (SSSR count). The summed E-state index contributed by atoms with van der Waals surface area (Å²) in [6.07, 6.45) is 0. The van der Waals surface area contributed by atoms with Crippen LogP contribution >= 0.6 is 0 Å². The number of anilines is 2. The molecule has 0 heterocycles. The first kappa shape index (κ1) is 14.7. The van der Waals surface area contributed by atoms with E-state index in [-0.39, 0.29) is 0 Å². The van der Waals surface area contributed by atoms with Crippen LogP contribution in [0.25, 0.3) is 0 Å². The number of amides is 2. The minimum atomic E-state index is -0.803. The lowest BCUT2D eigenvalue weighted by molar-refractivity contribution is -0.133. The van der Waals surface area contributed by atoms with Gasteiger partial charge in [-0.05, 0) is 55.3 Å². The van der Waals surface area contributed by atoms with Gasteiger partial charge in [0.15, 0.2) is 0 Å². The number of carbonyl (C=O) groups is 2. The third kappa shape index (κ3) is 3.66. The predicted molar refractivity (Wildman–Crippen MR) is 79.6 cm³/mol. The second kappa shape index (κ2) is 6.17. The number of hydrogen-bond donors (Lipinski definition) is 2. The predicted octanol–water partition coefficient (Wildman–Crippen LogP) is 3.02. The summed E-state index contributed by atoms with van der Waals surface area (Å²) in [4.78, 5) is 23.6. The van der Waals surface area contributed by atoms with Gasteiger partial charge in [-0.1, -0.05) is 12.1 Å². The lowest BCUT2D eigenvalue weighted by Gasteiger charge is -2.10. The van der Waals surface area contributed by atoms with Gasteiger partial charge >= 0.3 is 11.8 Å². The Morgan fingerprint density at radius 3 is 2.19 bits per heavy atom. The molecule has 0 unspecified atom stereocenters. The molecule has 108 valence electrons. The third-order valence-corrected chi connectivity index (χ3v) is 3.16. The molecule has 2 aromatic rings. The van der Waals surface area contributed by atoms with Crippen molar-refractivity contribution in [3.05, 3.63) is 59.4 Å². The maximum absolute atomic E-state index is 12.8. The highest BCUT2D eigenvalue weighted by atomic mass is 19.1. The molecule has 0 aromatic heterocycles. The molecular weight excluding hydrogens is 271 g/mol. The summed E-state index contributed by atoms with van der Waals surface area (Å²) in [6, 6.07) is 10.6. The fourth-order valence-corrected chi connectivity index (χ4v) is 1.79. The van der Waals surface area contributed by atoms with Crippen LogP contribution in [0.4, 0.5) is 15.8 Å². The van der Waals surface area contributed by atoms with Crippen molar-refractivity contribution in [2.24, 2.45) is 0 Å². The van der Waals surface area contributed by atoms with Crippen molar-refractivity contribution in [1.29, 1.82) is 0 Å². The van der Waals surface area contributed by atoms with Gasteiger partial charge in [-0.15, -0.1) is 0 Å². The molecule has 0 saturated heterocycles. The SMILES string of the molecule is Cc1cccc(NC(=O)C(=O)Nc2ccc(F)cc2)c1C. The molecule has 0 saturated carbocycles. The highest BCUT2D eigenvalue weighted by Crippen LogP contribution is 2.18. The molecule has 0 aliphatic heterocycles. The van der Waals surface area contributed by atoms with Gasteiger partial charge in [-0.25, -0.2) is 4.39 Å². The van der Waals surface area contributed by atoms with E-state index in [4.69, 9.17) is 0 Å². The summed E-state index contributed by atoms with van der Waals surface area (Å²) >= 11 is 0. The first-order valence-electron chi connectivity index (χ1n) is 6.41. The minimum Gasteiger partial charge on any atom is -0.318 e. The molecule has 0 bridgehead atoms. The second-order valence-electron chi connectivity index (χ2n) is 4.66. The lowest BCUT2D eigenvalue weighted by Crippen LogP contribution is -2.29. The molecule has 0 aliphatic rings. The summed E-state index contributed by atoms with van der Waals surface area (Å²) in [6.45, 7) is 3.78. The average Bonchev–Trinajstić information content (AvgIpc) is 2.46. The Morgan fingerprint density at radius 2 is 1.52 bits per heavy atom. The van der Waals surface area contributed by atoms with E-state index >= 15 is 0 Å². The van der Waals surface area contributed by atoms with E-state index in [0.29, 0.717) is 11.4 Å². The number of aryl methyl sites for hydroxylation is 1. The molecular formula is C16H15FN2O2. The summed E-state index contributed by atoms with van der Waals surface area (Å²) in [5.74, 6) is -1.98. The Kier molecular flexibility index (Phi) is 4.33. The van der Waals surface area contributed by atoms with E-state index in [1.54, 1.807) is 12.1 Å². The van der Waals surface area contributed by atoms with Gasteiger partial charge in [0.1, 0.15) is 5.82 Å². The number of halogens is 1. The van der Waals surface area contributed by atoms with Crippen LogP contribution in [0.3, 0.4) is 0 Å². The highest BCUT2D eigenvalue weighted by molar-refractivity contribution is 6.43. The topological polar surface area (TPSA) is 58.2 Å². The number of benzene rings is 2. The van der Waals surface area contributed by atoms with E-state index in [1.807, 2.05) is 19.9 Å². The smallest absolute Gasteiger partial charge is 0.314 e. The average molecular weight is 286 g/mol. The van der Waals surface area contributed by atoms with Crippen LogP contribution in [0.5, 0.6) is 0 Å². The summed E-state index contributed by atoms with van der Waals surface area (Å²) in [7, 11) is 0. The molecule has 2 amide bonds. The van der Waals surface area contributed by atoms with E-state index in [9.17, 15) is 14.0 Å². The van der Waals surface area contributed by atoms with E-state index in [1.165, 1.54) is 24.3 Å². The van der Waals surface area contributed by atoms with Crippen LogP contribution in [-0.2, 0) is 9.59 Å². The zero-order valence-corrected chi connectivity index (χ0v) is 11.7. The Morgan fingerprint density at radius 1 is 0.905 bits per heavy atom. The molecule has 5 heteroatoms. The molecule has 4 nitrogen and oxygen atoms in total. The van der Waals surface area contributed by atoms with Crippen LogP contribution in [0.1, 0.15) is 11.1 Å². The van der Waals surface area contributed by atoms with Crippen molar-refractivity contribution in [1.82, 2.24) is 0 Å². The van der Waals surface area contributed by atoms with Crippen LogP contribution in [0.15, 0.2) is 42.5 Å². The normalized spacial score (nSPS) is 10.0. The Hall–Kier alpha value is -2.69. The molecule has 0 fully saturated rings. The van der Waals surface area contributed by atoms with Crippen molar-refractivity contribution in [3.63, 3.8) is 0 Å². The van der Waals surface area contributed by atoms with Crippen molar-refractivity contribution >= 4 is 23.2 Å². The van der Waals surface area contributed by atoms with Crippen molar-refractivity contribution in [3.8, 4) is 0 Å². The number of hydrogen-bond acceptors (Lipinski definition) is 2. The van der Waals surface area contributed by atoms with E-state index < -0.39 is 17.6 Å². The first-order valence-corrected chi connectivity index (χ1v) is 6.41. The summed E-state index contributed by atoms with van der Waals surface area (Å²) < 4.78 is 12.8. The molecule has 2 N–H and O–H groups in total. The molecule has 0 spiro atoms. The number of nitrogens with one attached hydrogen (secondary N) is 2. The monoisotopic (exact) mass is 286 g/mol. The molecule has 0 radical (unpaired) electrons. The maximum atomic E-state index is 12.8. The second-order valence-corrected chi connectivity index (χ2v) is 4.66. The van der Waals surface area contributed by atoms with Crippen LogP contribution < -0.4 is 10.6 Å². The zero-order valence-electron chi connectivity index (χ0n) is 11.7. The molecule has 0 aliphatic carbocycles. The van der Waals surface area contributed by atoms with Gasteiger partial charge in [0.05, 0.1) is 0 Å². The highest BCUT2D eigenvalue weighted by Gasteiger charge is 2.15. The van der Waals surface area contributed by atoms with E-state index in [2.05, 4.69) is 10.6 Å². The molecule has 2 aromatic carbocycles. The maximum Gasteiger partial charge on any atom is 0.314 e. The van der Waals surface area contributed by atoms with Gasteiger partial charge in [0.25, 0.3) is 0 Å². The summed E-state index contributed by atoms with van der Waals surface area (Å²) in [5.41, 5.74) is 2.87. The van der Waals surface area contributed by atoms with Crippen LogP contribution in [0, 0.1) is 19.7 Å². The summed E-state index contributed by atoms with van der Waals surface area (Å²) in [5, 5.41) is 4.96. The number of rotatable bonds is 2. The van der Waals surface area contributed by atoms with E-state index in [0.717, 1.165) is 11.1 Å². The Balaban J connectivity index is 2.04. The fraction of sp³-hybridized carbons (Fsp3) is 0.125. The quantitative estimate of drug-likeness (QED) is 0.834. The molecule has 0 atom stereocenters. The van der Waals surface area contributed by atoms with Crippen molar-refractivity contribution in [2.45, 2.75) is 13.8 Å². The molecule has 21 heavy (non-hydrogen) atoms. The zero-order chi connectivity index (χ0) is 15.4. The van der Waals surface area contributed by atoms with Gasteiger partial charge in [0, 0.05) is 11.4 Å². The fourth-order valence-electron chi connectivity index (χ4n) is 1.79.